The van der Waals surface area contributed by atoms with E-state index in [9.17, 15) is 8.42 Å². The molecule has 1 aliphatic rings. The highest BCUT2D eigenvalue weighted by Crippen LogP contribution is 2.19. The summed E-state index contributed by atoms with van der Waals surface area (Å²) in [4.78, 5) is 0. The molecular weight excluding hydrogens is 266 g/mol. The van der Waals surface area contributed by atoms with E-state index in [4.69, 9.17) is 4.74 Å². The maximum Gasteiger partial charge on any atom is 0.279 e. The number of rotatable bonds is 8. The lowest BCUT2D eigenvalue weighted by molar-refractivity contribution is 0.122. The maximum atomic E-state index is 12.1. The van der Waals surface area contributed by atoms with E-state index in [2.05, 4.69) is 10.0 Å². The van der Waals surface area contributed by atoms with Crippen LogP contribution in [0.5, 0.6) is 0 Å². The third kappa shape index (κ3) is 5.00. The van der Waals surface area contributed by atoms with E-state index in [1.54, 1.807) is 14.2 Å². The normalized spacial score (nSPS) is 24.5. The van der Waals surface area contributed by atoms with Crippen molar-refractivity contribution in [2.24, 2.45) is 5.92 Å². The van der Waals surface area contributed by atoms with Gasteiger partial charge in [0, 0.05) is 27.2 Å². The molecule has 1 atom stereocenters. The van der Waals surface area contributed by atoms with Gasteiger partial charge in [-0.2, -0.15) is 12.7 Å². The van der Waals surface area contributed by atoms with Crippen molar-refractivity contribution in [2.45, 2.75) is 32.2 Å². The Bertz CT molecular complexity index is 364. The molecule has 0 aromatic heterocycles. The summed E-state index contributed by atoms with van der Waals surface area (Å²) in [7, 11) is -0.167. The van der Waals surface area contributed by atoms with Gasteiger partial charge in [0.15, 0.2) is 0 Å². The van der Waals surface area contributed by atoms with Crippen molar-refractivity contribution in [2.75, 3.05) is 40.4 Å². The molecule has 0 saturated carbocycles. The molecule has 19 heavy (non-hydrogen) atoms. The monoisotopic (exact) mass is 293 g/mol. The zero-order valence-corrected chi connectivity index (χ0v) is 13.2. The Hall–Kier alpha value is -0.210. The summed E-state index contributed by atoms with van der Waals surface area (Å²) in [5.74, 6) is 0.305. The van der Waals surface area contributed by atoms with Crippen LogP contribution in [-0.2, 0) is 14.9 Å². The van der Waals surface area contributed by atoms with Crippen molar-refractivity contribution in [3.8, 4) is 0 Å². The molecule has 0 aromatic rings. The van der Waals surface area contributed by atoms with Crippen LogP contribution in [0.25, 0.3) is 0 Å². The number of hydrogen-bond donors (Lipinski definition) is 2. The van der Waals surface area contributed by atoms with Gasteiger partial charge in [-0.25, -0.2) is 4.72 Å². The Balaban J connectivity index is 2.58. The van der Waals surface area contributed by atoms with Crippen LogP contribution in [0.4, 0.5) is 0 Å². The fourth-order valence-electron chi connectivity index (χ4n) is 2.42. The van der Waals surface area contributed by atoms with Crippen molar-refractivity contribution in [1.29, 1.82) is 0 Å². The first-order valence-corrected chi connectivity index (χ1v) is 8.20. The molecule has 1 fully saturated rings. The third-order valence-electron chi connectivity index (χ3n) is 3.38. The fraction of sp³-hybridized carbons (Fsp3) is 1.00. The van der Waals surface area contributed by atoms with E-state index in [0.717, 1.165) is 19.4 Å². The Morgan fingerprint density at radius 1 is 1.47 bits per heavy atom. The van der Waals surface area contributed by atoms with Crippen LogP contribution in [0.15, 0.2) is 0 Å². The second-order valence-corrected chi connectivity index (χ2v) is 7.61. The first kappa shape index (κ1) is 16.8. The minimum absolute atomic E-state index is 0.263. The van der Waals surface area contributed by atoms with E-state index in [0.29, 0.717) is 25.6 Å². The molecule has 1 aliphatic heterocycles. The van der Waals surface area contributed by atoms with E-state index >= 15 is 0 Å². The second-order valence-electron chi connectivity index (χ2n) is 5.74. The Morgan fingerprint density at radius 3 is 2.63 bits per heavy atom. The Morgan fingerprint density at radius 2 is 2.16 bits per heavy atom. The minimum Gasteiger partial charge on any atom is -0.383 e. The molecule has 1 heterocycles. The number of nitrogens with zero attached hydrogens (tertiary/aromatic N) is 1. The number of methoxy groups -OCH3 is 1. The zero-order valence-electron chi connectivity index (χ0n) is 12.4. The topological polar surface area (TPSA) is 70.7 Å². The van der Waals surface area contributed by atoms with Crippen LogP contribution >= 0.6 is 0 Å². The summed E-state index contributed by atoms with van der Waals surface area (Å²) in [6, 6.07) is 0. The van der Waals surface area contributed by atoms with Gasteiger partial charge in [-0.1, -0.05) is 13.8 Å². The second kappa shape index (κ2) is 6.99. The molecule has 1 saturated heterocycles. The summed E-state index contributed by atoms with van der Waals surface area (Å²) < 4.78 is 33.5. The summed E-state index contributed by atoms with van der Waals surface area (Å²) in [5.41, 5.74) is -0.263. The van der Waals surface area contributed by atoms with Gasteiger partial charge in [0.2, 0.25) is 0 Å². The van der Waals surface area contributed by atoms with Crippen LogP contribution in [0.3, 0.4) is 0 Å². The highest BCUT2D eigenvalue weighted by molar-refractivity contribution is 7.87. The fourth-order valence-corrected chi connectivity index (χ4v) is 3.60. The Labute approximate surface area is 117 Å². The van der Waals surface area contributed by atoms with Gasteiger partial charge in [-0.3, -0.25) is 0 Å². The molecule has 7 heteroatoms. The molecule has 6 nitrogen and oxygen atoms in total. The van der Waals surface area contributed by atoms with E-state index < -0.39 is 10.2 Å². The lowest BCUT2D eigenvalue weighted by Gasteiger charge is -2.30. The quantitative estimate of drug-likeness (QED) is 0.670. The van der Waals surface area contributed by atoms with E-state index in [-0.39, 0.29) is 5.54 Å². The number of nitrogens with one attached hydrogen (secondary N) is 2. The molecule has 1 unspecified atom stereocenters. The van der Waals surface area contributed by atoms with Gasteiger partial charge >= 0.3 is 0 Å². The van der Waals surface area contributed by atoms with E-state index in [1.165, 1.54) is 4.31 Å². The molecule has 0 aromatic carbocycles. The highest BCUT2D eigenvalue weighted by atomic mass is 32.2. The van der Waals surface area contributed by atoms with Gasteiger partial charge in [0.05, 0.1) is 12.1 Å². The Kier molecular flexibility index (Phi) is 6.19. The van der Waals surface area contributed by atoms with Gasteiger partial charge in [0.1, 0.15) is 0 Å². The van der Waals surface area contributed by atoms with Crippen molar-refractivity contribution in [1.82, 2.24) is 14.3 Å². The molecule has 0 aliphatic carbocycles. The van der Waals surface area contributed by atoms with Crippen LogP contribution < -0.4 is 10.0 Å². The summed E-state index contributed by atoms with van der Waals surface area (Å²) in [6.45, 7) is 6.30. The molecule has 114 valence electrons. The van der Waals surface area contributed by atoms with Crippen LogP contribution in [0.2, 0.25) is 0 Å². The van der Waals surface area contributed by atoms with E-state index in [1.807, 2.05) is 13.8 Å². The summed E-state index contributed by atoms with van der Waals surface area (Å²) in [5, 5.41) is 3.35. The zero-order chi connectivity index (χ0) is 14.5. The largest absolute Gasteiger partial charge is 0.383 e. The molecule has 0 amide bonds. The van der Waals surface area contributed by atoms with Crippen LogP contribution in [0.1, 0.15) is 26.7 Å². The molecule has 0 spiro atoms. The average molecular weight is 293 g/mol. The van der Waals surface area contributed by atoms with Gasteiger partial charge in [0.25, 0.3) is 10.2 Å². The SMILES string of the molecule is COCC1(CNS(=O)(=O)N(C)CC(C)C)CCCN1. The maximum absolute atomic E-state index is 12.1. The predicted octanol–water partition coefficient (Wildman–Crippen LogP) is 0.177. The minimum atomic E-state index is -3.41. The smallest absolute Gasteiger partial charge is 0.279 e. The summed E-state index contributed by atoms with van der Waals surface area (Å²) >= 11 is 0. The van der Waals surface area contributed by atoms with Crippen LogP contribution in [-0.4, -0.2) is 58.7 Å². The van der Waals surface area contributed by atoms with Crippen molar-refractivity contribution >= 4 is 10.2 Å². The van der Waals surface area contributed by atoms with Crippen LogP contribution in [0, 0.1) is 5.92 Å². The molecule has 1 rings (SSSR count). The first-order valence-electron chi connectivity index (χ1n) is 6.76. The lowest BCUT2D eigenvalue weighted by Crippen LogP contribution is -2.54. The van der Waals surface area contributed by atoms with Crippen molar-refractivity contribution < 1.29 is 13.2 Å². The first-order chi connectivity index (χ1) is 8.81. The van der Waals surface area contributed by atoms with Gasteiger partial charge in [-0.05, 0) is 25.3 Å². The summed E-state index contributed by atoms with van der Waals surface area (Å²) in [6.07, 6.45) is 1.98. The molecule has 0 bridgehead atoms. The third-order valence-corrected chi connectivity index (χ3v) is 4.86. The van der Waals surface area contributed by atoms with Gasteiger partial charge in [-0.15, -0.1) is 0 Å². The highest BCUT2D eigenvalue weighted by Gasteiger charge is 2.35. The number of ether oxygens (including phenoxy) is 1. The van der Waals surface area contributed by atoms with Crippen molar-refractivity contribution in [3.63, 3.8) is 0 Å². The molecular formula is C12H27N3O3S. The standard InChI is InChI=1S/C12H27N3O3S/c1-11(2)8-15(3)19(16,17)14-9-12(10-18-4)6-5-7-13-12/h11,13-14H,5-10H2,1-4H3. The lowest BCUT2D eigenvalue weighted by atomic mass is 9.99. The van der Waals surface area contributed by atoms with Gasteiger partial charge < -0.3 is 10.1 Å². The van der Waals surface area contributed by atoms with Crippen molar-refractivity contribution in [3.05, 3.63) is 0 Å². The molecule has 0 radical (unpaired) electrons. The average Bonchev–Trinajstić information content (AvgIpc) is 2.75. The molecule has 2 N–H and O–H groups in total. The number of hydrogen-bond acceptors (Lipinski definition) is 4. The predicted molar refractivity (Wildman–Crippen MR) is 76.2 cm³/mol.